The summed E-state index contributed by atoms with van der Waals surface area (Å²) in [6.45, 7) is 8.68. The van der Waals surface area contributed by atoms with Crippen LogP contribution in [0.15, 0.2) is 24.3 Å². The van der Waals surface area contributed by atoms with Crippen LogP contribution in [0.4, 0.5) is 0 Å². The Labute approximate surface area is 147 Å². The first-order chi connectivity index (χ1) is 11.3. The fourth-order valence-corrected chi connectivity index (χ4v) is 3.81. The molecule has 4 heteroatoms. The second kappa shape index (κ2) is 7.67. The molecule has 0 radical (unpaired) electrons. The lowest BCUT2D eigenvalue weighted by Crippen LogP contribution is -1.98. The zero-order chi connectivity index (χ0) is 17.9. The van der Waals surface area contributed by atoms with Gasteiger partial charge in [0.15, 0.2) is 5.78 Å². The Morgan fingerprint density at radius 2 is 2.04 bits per heavy atom. The van der Waals surface area contributed by atoms with Crippen LogP contribution in [0.25, 0.3) is 6.08 Å². The topological polar surface area (TPSA) is 46.5 Å². The number of hydrogen-bond donors (Lipinski definition) is 1. The van der Waals surface area contributed by atoms with E-state index in [1.807, 2.05) is 6.08 Å². The SMILES string of the molecule is COc1cc(O)ccc1C(=O)C=Cc1sc(C)c(CC(C)C)c1C. The summed E-state index contributed by atoms with van der Waals surface area (Å²) in [5.41, 5.74) is 3.09. The van der Waals surface area contributed by atoms with E-state index >= 15 is 0 Å². The van der Waals surface area contributed by atoms with Gasteiger partial charge < -0.3 is 9.84 Å². The van der Waals surface area contributed by atoms with Crippen molar-refractivity contribution in [2.75, 3.05) is 7.11 Å². The molecule has 0 saturated carbocycles. The van der Waals surface area contributed by atoms with Crippen molar-refractivity contribution >= 4 is 23.2 Å². The van der Waals surface area contributed by atoms with Crippen molar-refractivity contribution in [2.24, 2.45) is 5.92 Å². The van der Waals surface area contributed by atoms with Crippen LogP contribution in [0, 0.1) is 19.8 Å². The second-order valence-electron chi connectivity index (χ2n) is 6.31. The lowest BCUT2D eigenvalue weighted by Gasteiger charge is -2.06. The van der Waals surface area contributed by atoms with Gasteiger partial charge in [-0.3, -0.25) is 4.79 Å². The fraction of sp³-hybridized carbons (Fsp3) is 0.350. The molecule has 128 valence electrons. The molecule has 0 bridgehead atoms. The predicted molar refractivity (Wildman–Crippen MR) is 100 cm³/mol. The summed E-state index contributed by atoms with van der Waals surface area (Å²) < 4.78 is 5.18. The number of ether oxygens (including phenoxy) is 1. The van der Waals surface area contributed by atoms with E-state index in [4.69, 9.17) is 4.74 Å². The molecule has 0 amide bonds. The van der Waals surface area contributed by atoms with E-state index in [9.17, 15) is 9.90 Å². The van der Waals surface area contributed by atoms with Gasteiger partial charge in [-0.05, 0) is 61.6 Å². The summed E-state index contributed by atoms with van der Waals surface area (Å²) in [6, 6.07) is 4.52. The zero-order valence-electron chi connectivity index (χ0n) is 14.8. The van der Waals surface area contributed by atoms with E-state index in [0.717, 1.165) is 11.3 Å². The van der Waals surface area contributed by atoms with Gasteiger partial charge in [-0.25, -0.2) is 0 Å². The molecule has 2 rings (SSSR count). The van der Waals surface area contributed by atoms with Crippen LogP contribution in [0.2, 0.25) is 0 Å². The highest BCUT2D eigenvalue weighted by Crippen LogP contribution is 2.31. The number of phenols is 1. The molecule has 0 spiro atoms. The third-order valence-electron chi connectivity index (χ3n) is 3.96. The minimum Gasteiger partial charge on any atom is -0.508 e. The number of hydrogen-bond acceptors (Lipinski definition) is 4. The number of phenolic OH excluding ortho intramolecular Hbond substituents is 1. The van der Waals surface area contributed by atoms with Crippen molar-refractivity contribution in [3.05, 3.63) is 50.7 Å². The molecule has 0 aliphatic carbocycles. The van der Waals surface area contributed by atoms with Crippen molar-refractivity contribution < 1.29 is 14.6 Å². The molecular formula is C20H24O3S. The summed E-state index contributed by atoms with van der Waals surface area (Å²) in [7, 11) is 1.49. The Kier molecular flexibility index (Phi) is 5.84. The highest BCUT2D eigenvalue weighted by Gasteiger charge is 2.13. The first-order valence-corrected chi connectivity index (χ1v) is 8.83. The van der Waals surface area contributed by atoms with Crippen molar-refractivity contribution in [1.82, 2.24) is 0 Å². The van der Waals surface area contributed by atoms with Gasteiger partial charge >= 0.3 is 0 Å². The number of ketones is 1. The fourth-order valence-electron chi connectivity index (χ4n) is 2.70. The number of methoxy groups -OCH3 is 1. The highest BCUT2D eigenvalue weighted by atomic mass is 32.1. The normalized spacial score (nSPS) is 11.4. The lowest BCUT2D eigenvalue weighted by molar-refractivity contribution is 0.104. The van der Waals surface area contributed by atoms with Crippen LogP contribution in [0.3, 0.4) is 0 Å². The second-order valence-corrected chi connectivity index (χ2v) is 7.56. The molecule has 24 heavy (non-hydrogen) atoms. The molecule has 1 heterocycles. The van der Waals surface area contributed by atoms with Gasteiger partial charge in [0, 0.05) is 15.8 Å². The van der Waals surface area contributed by atoms with Crippen molar-refractivity contribution in [3.63, 3.8) is 0 Å². The van der Waals surface area contributed by atoms with E-state index in [-0.39, 0.29) is 11.5 Å². The summed E-state index contributed by atoms with van der Waals surface area (Å²) in [5.74, 6) is 0.930. The van der Waals surface area contributed by atoms with Crippen LogP contribution >= 0.6 is 11.3 Å². The minimum absolute atomic E-state index is 0.0791. The monoisotopic (exact) mass is 344 g/mol. The summed E-state index contributed by atoms with van der Waals surface area (Å²) in [6.07, 6.45) is 4.51. The number of thiophene rings is 1. The van der Waals surface area contributed by atoms with Crippen molar-refractivity contribution in [2.45, 2.75) is 34.1 Å². The summed E-state index contributed by atoms with van der Waals surface area (Å²) in [4.78, 5) is 14.9. The number of allylic oxidation sites excluding steroid dienone is 1. The van der Waals surface area contributed by atoms with E-state index in [2.05, 4.69) is 27.7 Å². The molecule has 1 aromatic carbocycles. The summed E-state index contributed by atoms with van der Waals surface area (Å²) >= 11 is 1.72. The minimum atomic E-state index is -0.136. The van der Waals surface area contributed by atoms with Gasteiger partial charge in [-0.1, -0.05) is 13.8 Å². The number of benzene rings is 1. The first kappa shape index (κ1) is 18.3. The Hall–Kier alpha value is -2.07. The molecule has 0 fully saturated rings. The smallest absolute Gasteiger partial charge is 0.189 e. The van der Waals surface area contributed by atoms with Gasteiger partial charge in [-0.2, -0.15) is 0 Å². The molecule has 2 aromatic rings. The number of aryl methyl sites for hydroxylation is 1. The van der Waals surface area contributed by atoms with Gasteiger partial charge in [0.1, 0.15) is 11.5 Å². The van der Waals surface area contributed by atoms with Crippen LogP contribution in [0.1, 0.15) is 45.1 Å². The maximum absolute atomic E-state index is 12.4. The lowest BCUT2D eigenvalue weighted by atomic mass is 9.99. The Morgan fingerprint density at radius 1 is 1.33 bits per heavy atom. The first-order valence-electron chi connectivity index (χ1n) is 8.01. The van der Waals surface area contributed by atoms with Crippen LogP contribution in [0.5, 0.6) is 11.5 Å². The molecule has 3 nitrogen and oxygen atoms in total. The molecule has 0 unspecified atom stereocenters. The van der Waals surface area contributed by atoms with E-state index in [1.165, 1.54) is 35.2 Å². The van der Waals surface area contributed by atoms with Crippen LogP contribution < -0.4 is 4.74 Å². The van der Waals surface area contributed by atoms with Gasteiger partial charge in [0.05, 0.1) is 12.7 Å². The molecule has 0 aliphatic heterocycles. The largest absolute Gasteiger partial charge is 0.508 e. The van der Waals surface area contributed by atoms with Crippen molar-refractivity contribution in [3.8, 4) is 11.5 Å². The molecular weight excluding hydrogens is 320 g/mol. The van der Waals surface area contributed by atoms with Gasteiger partial charge in [-0.15, -0.1) is 11.3 Å². The number of carbonyl (C=O) groups is 1. The quantitative estimate of drug-likeness (QED) is 0.580. The summed E-state index contributed by atoms with van der Waals surface area (Å²) in [5, 5.41) is 9.49. The third kappa shape index (κ3) is 4.06. The number of rotatable bonds is 6. The Balaban J connectivity index is 2.27. The molecule has 1 N–H and O–H groups in total. The molecule has 0 aliphatic rings. The average Bonchev–Trinajstić information content (AvgIpc) is 2.79. The highest BCUT2D eigenvalue weighted by molar-refractivity contribution is 7.13. The molecule has 0 atom stereocenters. The predicted octanol–water partition coefficient (Wildman–Crippen LogP) is 5.17. The Bertz CT molecular complexity index is 769. The number of carbonyl (C=O) groups excluding carboxylic acids is 1. The average molecular weight is 344 g/mol. The maximum atomic E-state index is 12.4. The number of aromatic hydroxyl groups is 1. The molecule has 1 aromatic heterocycles. The Morgan fingerprint density at radius 3 is 2.67 bits per heavy atom. The van der Waals surface area contributed by atoms with Crippen LogP contribution in [-0.2, 0) is 6.42 Å². The standard InChI is InChI=1S/C20H24O3S/c1-12(2)10-17-13(3)20(24-14(17)4)9-8-18(22)16-7-6-15(21)11-19(16)23-5/h6-9,11-12,21H,10H2,1-5H3. The zero-order valence-corrected chi connectivity index (χ0v) is 15.7. The van der Waals surface area contributed by atoms with Crippen molar-refractivity contribution in [1.29, 1.82) is 0 Å². The van der Waals surface area contributed by atoms with Gasteiger partial charge in [0.2, 0.25) is 0 Å². The van der Waals surface area contributed by atoms with E-state index < -0.39 is 0 Å². The van der Waals surface area contributed by atoms with E-state index in [1.54, 1.807) is 23.5 Å². The third-order valence-corrected chi connectivity index (χ3v) is 5.17. The van der Waals surface area contributed by atoms with Crippen LogP contribution in [-0.4, -0.2) is 18.0 Å². The maximum Gasteiger partial charge on any atom is 0.189 e. The van der Waals surface area contributed by atoms with Gasteiger partial charge in [0.25, 0.3) is 0 Å². The molecule has 0 saturated heterocycles. The van der Waals surface area contributed by atoms with E-state index in [0.29, 0.717) is 17.2 Å².